The van der Waals surface area contributed by atoms with Crippen molar-refractivity contribution < 1.29 is 69.0 Å². The number of aliphatic carboxylic acids is 1. The summed E-state index contributed by atoms with van der Waals surface area (Å²) in [6.07, 6.45) is -7.41. The highest BCUT2D eigenvalue weighted by molar-refractivity contribution is 5.89. The van der Waals surface area contributed by atoms with Crippen molar-refractivity contribution in [2.45, 2.75) is 62.0 Å². The number of carboxylic acid groups (broad SMARTS) is 1. The van der Waals surface area contributed by atoms with Crippen LogP contribution in [0.3, 0.4) is 0 Å². The summed E-state index contributed by atoms with van der Waals surface area (Å²) in [5.74, 6) is -4.37. The lowest BCUT2D eigenvalue weighted by Crippen LogP contribution is -2.60. The number of aromatic hydroxyl groups is 1. The zero-order valence-corrected chi connectivity index (χ0v) is 21.6. The van der Waals surface area contributed by atoms with Gasteiger partial charge in [0.15, 0.2) is 17.8 Å². The normalized spacial score (nSPS) is 37.4. The topological polar surface area (TPSA) is 222 Å². The molecule has 2 fully saturated rings. The zero-order valence-electron chi connectivity index (χ0n) is 21.6. The Morgan fingerprint density at radius 2 is 1.88 bits per heavy atom. The molecule has 0 unspecified atom stereocenters. The van der Waals surface area contributed by atoms with Gasteiger partial charge in [-0.3, -0.25) is 0 Å². The van der Waals surface area contributed by atoms with E-state index in [-0.39, 0.29) is 23.5 Å². The molecule has 1 aromatic rings. The number of carbonyl (C=O) groups is 2. The van der Waals surface area contributed by atoms with E-state index < -0.39 is 79.1 Å². The Hall–Kier alpha value is -3.24. The Bertz CT molecular complexity index is 1160. The Kier molecular flexibility index (Phi) is 8.70. The summed E-state index contributed by atoms with van der Waals surface area (Å²) < 4.78 is 27.1. The highest BCUT2D eigenvalue weighted by atomic mass is 16.8. The van der Waals surface area contributed by atoms with Crippen LogP contribution < -0.4 is 4.74 Å². The van der Waals surface area contributed by atoms with Crippen LogP contribution in [0.15, 0.2) is 36.1 Å². The molecule has 40 heavy (non-hydrogen) atoms. The third-order valence-corrected chi connectivity index (χ3v) is 7.35. The van der Waals surface area contributed by atoms with Crippen LogP contribution >= 0.6 is 0 Å². The number of esters is 1. The predicted molar refractivity (Wildman–Crippen MR) is 131 cm³/mol. The molecule has 0 radical (unpaired) electrons. The molecule has 0 spiro atoms. The summed E-state index contributed by atoms with van der Waals surface area (Å²) in [4.78, 5) is 24.7. The molecule has 14 nitrogen and oxygen atoms in total. The van der Waals surface area contributed by atoms with Crippen molar-refractivity contribution >= 4 is 18.0 Å². The molecule has 14 heteroatoms. The molecule has 10 atom stereocenters. The van der Waals surface area contributed by atoms with Gasteiger partial charge in [-0.2, -0.15) is 0 Å². The number of carbonyl (C=O) groups excluding carboxylic acids is 1. The first-order valence-electron chi connectivity index (χ1n) is 12.4. The number of aliphatic hydroxyl groups is 5. The first kappa shape index (κ1) is 29.7. The summed E-state index contributed by atoms with van der Waals surface area (Å²) in [6.45, 7) is 0.681. The molecule has 2 aliphatic heterocycles. The van der Waals surface area contributed by atoms with Crippen LogP contribution in [-0.4, -0.2) is 110 Å². The summed E-state index contributed by atoms with van der Waals surface area (Å²) in [5.41, 5.74) is -1.48. The summed E-state index contributed by atoms with van der Waals surface area (Å²) in [5, 5.41) is 70.7. The number of phenolic OH excluding ortho intramolecular Hbond substituents is 1. The van der Waals surface area contributed by atoms with Crippen molar-refractivity contribution in [3.05, 3.63) is 41.7 Å². The maximum absolute atomic E-state index is 12.7. The number of benzene rings is 1. The largest absolute Gasteiger partial charge is 0.504 e. The van der Waals surface area contributed by atoms with Gasteiger partial charge in [0.1, 0.15) is 30.5 Å². The van der Waals surface area contributed by atoms with Crippen molar-refractivity contribution in [1.82, 2.24) is 0 Å². The van der Waals surface area contributed by atoms with E-state index in [4.69, 9.17) is 23.7 Å². The van der Waals surface area contributed by atoms with Gasteiger partial charge in [-0.1, -0.05) is 6.07 Å². The van der Waals surface area contributed by atoms with Crippen LogP contribution in [0, 0.1) is 11.8 Å². The second kappa shape index (κ2) is 11.7. The molecular formula is C26H32O14. The third-order valence-electron chi connectivity index (χ3n) is 7.35. The lowest BCUT2D eigenvalue weighted by Gasteiger charge is -2.44. The van der Waals surface area contributed by atoms with Crippen LogP contribution in [0.25, 0.3) is 6.08 Å². The number of carboxylic acids is 1. The second-order valence-corrected chi connectivity index (χ2v) is 10.1. The standard InChI is InChI=1S/C26H32O14/c1-26(35)8-15(38-17(29)6-4-11-3-5-13(28)14(7-11)36-2)18-12(23(33)34)10-37-24(19(18)26)40-25-22(32)21(31)20(30)16(9-27)39-25/h3-7,10,15-16,18-22,24-25,27-28,30-32,35H,8-9H2,1-2H3,(H,33,34)/b6-4+/t15-,16-,18+,19-,20-,21+,22-,24+,25+,26+/m1/s1. The van der Waals surface area contributed by atoms with Gasteiger partial charge in [-0.25, -0.2) is 9.59 Å². The number of phenols is 1. The van der Waals surface area contributed by atoms with Crippen molar-refractivity contribution in [3.63, 3.8) is 0 Å². The molecular weight excluding hydrogens is 536 g/mol. The summed E-state index contributed by atoms with van der Waals surface area (Å²) in [7, 11) is 1.37. The molecule has 220 valence electrons. The quantitative estimate of drug-likeness (QED) is 0.145. The highest BCUT2D eigenvalue weighted by Gasteiger charge is 2.61. The Morgan fingerprint density at radius 1 is 1.15 bits per heavy atom. The van der Waals surface area contributed by atoms with Crippen LogP contribution in [0.5, 0.6) is 11.5 Å². The smallest absolute Gasteiger partial charge is 0.335 e. The maximum atomic E-state index is 12.7. The lowest BCUT2D eigenvalue weighted by atomic mass is 9.80. The molecule has 1 saturated heterocycles. The highest BCUT2D eigenvalue weighted by Crippen LogP contribution is 2.50. The number of rotatable bonds is 8. The molecule has 0 aromatic heterocycles. The van der Waals surface area contributed by atoms with Crippen molar-refractivity contribution in [2.75, 3.05) is 13.7 Å². The van der Waals surface area contributed by atoms with Crippen LogP contribution in [0.1, 0.15) is 18.9 Å². The van der Waals surface area contributed by atoms with Gasteiger partial charge in [0, 0.05) is 18.4 Å². The van der Waals surface area contributed by atoms with E-state index in [1.54, 1.807) is 0 Å². The average Bonchev–Trinajstić information content (AvgIpc) is 3.18. The Balaban J connectivity index is 1.54. The van der Waals surface area contributed by atoms with E-state index in [9.17, 15) is 45.3 Å². The van der Waals surface area contributed by atoms with Crippen LogP contribution in [-0.2, 0) is 28.5 Å². The summed E-state index contributed by atoms with van der Waals surface area (Å²) in [6, 6.07) is 4.40. The van der Waals surface area contributed by atoms with E-state index >= 15 is 0 Å². The molecule has 1 aromatic carbocycles. The maximum Gasteiger partial charge on any atom is 0.335 e. The zero-order chi connectivity index (χ0) is 29.4. The van der Waals surface area contributed by atoms with Crippen molar-refractivity contribution in [3.8, 4) is 11.5 Å². The molecule has 4 rings (SSSR count). The van der Waals surface area contributed by atoms with Gasteiger partial charge >= 0.3 is 11.9 Å². The van der Waals surface area contributed by atoms with Crippen molar-refractivity contribution in [1.29, 1.82) is 0 Å². The second-order valence-electron chi connectivity index (χ2n) is 10.1. The Morgan fingerprint density at radius 3 is 2.52 bits per heavy atom. The van der Waals surface area contributed by atoms with Crippen LogP contribution in [0.4, 0.5) is 0 Å². The van der Waals surface area contributed by atoms with E-state index in [1.165, 1.54) is 38.3 Å². The number of ether oxygens (including phenoxy) is 5. The van der Waals surface area contributed by atoms with Gasteiger partial charge in [0.05, 0.1) is 37.1 Å². The van der Waals surface area contributed by atoms with Gasteiger partial charge in [-0.05, 0) is 30.7 Å². The van der Waals surface area contributed by atoms with E-state index in [0.29, 0.717) is 5.56 Å². The molecule has 0 bridgehead atoms. The molecule has 3 aliphatic rings. The van der Waals surface area contributed by atoms with Gasteiger partial charge in [-0.15, -0.1) is 0 Å². The van der Waals surface area contributed by atoms with Crippen molar-refractivity contribution in [2.24, 2.45) is 11.8 Å². The summed E-state index contributed by atoms with van der Waals surface area (Å²) >= 11 is 0. The first-order chi connectivity index (χ1) is 18.9. The molecule has 0 amide bonds. The SMILES string of the molecule is COc1cc(/C=C/C(=O)O[C@@H]2C[C@](C)(O)[C@H]3[C@H](O[C@@H]4O[C@H](CO)[C@@H](O)[C@H](O)[C@H]4O)OC=C(C(=O)O)[C@H]32)ccc1O. The number of methoxy groups -OCH3 is 1. The van der Waals surface area contributed by atoms with E-state index in [1.807, 2.05) is 0 Å². The number of hydrogen-bond donors (Lipinski definition) is 7. The molecule has 1 saturated carbocycles. The first-order valence-corrected chi connectivity index (χ1v) is 12.4. The fourth-order valence-corrected chi connectivity index (χ4v) is 5.34. The number of hydrogen-bond acceptors (Lipinski definition) is 13. The minimum atomic E-state index is -1.77. The average molecular weight is 569 g/mol. The monoisotopic (exact) mass is 568 g/mol. The minimum Gasteiger partial charge on any atom is -0.504 e. The minimum absolute atomic E-state index is 0.0885. The van der Waals surface area contributed by atoms with Gasteiger partial charge in [0.25, 0.3) is 0 Å². The van der Waals surface area contributed by atoms with E-state index in [2.05, 4.69) is 0 Å². The molecule has 2 heterocycles. The van der Waals surface area contributed by atoms with E-state index in [0.717, 1.165) is 12.3 Å². The predicted octanol–water partition coefficient (Wildman–Crippen LogP) is -1.15. The van der Waals surface area contributed by atoms with Gasteiger partial charge < -0.3 is 59.4 Å². The van der Waals surface area contributed by atoms with Crippen LogP contribution in [0.2, 0.25) is 0 Å². The fraction of sp³-hybridized carbons (Fsp3) is 0.538. The molecule has 1 aliphatic carbocycles. The number of aliphatic hydroxyl groups excluding tert-OH is 4. The third kappa shape index (κ3) is 5.78. The number of fused-ring (bicyclic) bond motifs is 1. The lowest BCUT2D eigenvalue weighted by molar-refractivity contribution is -0.346. The molecule has 7 N–H and O–H groups in total. The Labute approximate surface area is 228 Å². The fourth-order valence-electron chi connectivity index (χ4n) is 5.34. The van der Waals surface area contributed by atoms with Gasteiger partial charge in [0.2, 0.25) is 6.29 Å².